The summed E-state index contributed by atoms with van der Waals surface area (Å²) in [6.07, 6.45) is 4.34. The highest BCUT2D eigenvalue weighted by atomic mass is 16.5. The summed E-state index contributed by atoms with van der Waals surface area (Å²) in [4.78, 5) is 18.1. The summed E-state index contributed by atoms with van der Waals surface area (Å²) in [5, 5.41) is 3.92. The zero-order chi connectivity index (χ0) is 20.6. The number of rotatable bonds is 9. The Balaban J connectivity index is 1.36. The molecule has 1 aliphatic rings. The maximum Gasteiger partial charge on any atom is 0.338 e. The van der Waals surface area contributed by atoms with Crippen LogP contribution in [-0.4, -0.2) is 50.0 Å². The summed E-state index contributed by atoms with van der Waals surface area (Å²) in [7, 11) is 3.00. The Kier molecular flexibility index (Phi) is 7.46. The molecule has 1 saturated heterocycles. The van der Waals surface area contributed by atoms with Crippen molar-refractivity contribution < 1.29 is 23.5 Å². The molecule has 0 aliphatic carbocycles. The standard InChI is InChI=1S/C21H29N3O5/c1-15-13-17(6-7-18(15)20(25)27-3)28-12-4-5-16-8-10-24(11-9-16)21-22-19(14-26-2)23-29-21/h6-7,13,16H,4-5,8-12,14H2,1-3H3. The molecule has 0 N–H and O–H groups in total. The summed E-state index contributed by atoms with van der Waals surface area (Å²) in [6, 6.07) is 6.04. The van der Waals surface area contributed by atoms with Crippen LogP contribution in [0.15, 0.2) is 22.7 Å². The van der Waals surface area contributed by atoms with Gasteiger partial charge in [-0.05, 0) is 62.3 Å². The largest absolute Gasteiger partial charge is 0.494 e. The Hall–Kier alpha value is -2.61. The number of carbonyl (C=O) groups is 1. The number of piperidine rings is 1. The quantitative estimate of drug-likeness (QED) is 0.465. The molecular weight excluding hydrogens is 374 g/mol. The van der Waals surface area contributed by atoms with Gasteiger partial charge in [-0.2, -0.15) is 4.98 Å². The van der Waals surface area contributed by atoms with E-state index in [4.69, 9.17) is 18.7 Å². The van der Waals surface area contributed by atoms with Crippen LogP contribution in [0.25, 0.3) is 0 Å². The second-order valence-electron chi connectivity index (χ2n) is 7.32. The van der Waals surface area contributed by atoms with Crippen LogP contribution in [0.5, 0.6) is 5.75 Å². The van der Waals surface area contributed by atoms with Crippen LogP contribution >= 0.6 is 0 Å². The van der Waals surface area contributed by atoms with Gasteiger partial charge < -0.3 is 23.6 Å². The predicted molar refractivity (Wildman–Crippen MR) is 107 cm³/mol. The summed E-state index contributed by atoms with van der Waals surface area (Å²) >= 11 is 0. The first-order valence-corrected chi connectivity index (χ1v) is 9.99. The molecule has 0 radical (unpaired) electrons. The van der Waals surface area contributed by atoms with E-state index in [0.717, 1.165) is 50.1 Å². The topological polar surface area (TPSA) is 86.9 Å². The van der Waals surface area contributed by atoms with Crippen molar-refractivity contribution in [3.8, 4) is 5.75 Å². The van der Waals surface area contributed by atoms with Gasteiger partial charge in [0.25, 0.3) is 0 Å². The fourth-order valence-corrected chi connectivity index (χ4v) is 3.60. The highest BCUT2D eigenvalue weighted by molar-refractivity contribution is 5.91. The molecule has 2 aromatic rings. The molecule has 8 nitrogen and oxygen atoms in total. The number of anilines is 1. The van der Waals surface area contributed by atoms with Gasteiger partial charge >= 0.3 is 12.0 Å². The van der Waals surface area contributed by atoms with E-state index in [0.29, 0.717) is 36.5 Å². The van der Waals surface area contributed by atoms with E-state index in [2.05, 4.69) is 15.0 Å². The number of aryl methyl sites for hydroxylation is 1. The van der Waals surface area contributed by atoms with Crippen molar-refractivity contribution in [1.29, 1.82) is 0 Å². The summed E-state index contributed by atoms with van der Waals surface area (Å²) in [6.45, 7) is 4.77. The Morgan fingerprint density at radius 2 is 2.07 bits per heavy atom. The number of hydrogen-bond donors (Lipinski definition) is 0. The van der Waals surface area contributed by atoms with Crippen molar-refractivity contribution in [2.45, 2.75) is 39.2 Å². The van der Waals surface area contributed by atoms with Crippen molar-refractivity contribution in [2.75, 3.05) is 38.8 Å². The molecular formula is C21H29N3O5. The molecule has 0 spiro atoms. The smallest absolute Gasteiger partial charge is 0.338 e. The van der Waals surface area contributed by atoms with Gasteiger partial charge in [0.1, 0.15) is 12.4 Å². The molecule has 0 amide bonds. The number of nitrogens with zero attached hydrogens (tertiary/aromatic N) is 3. The molecule has 0 atom stereocenters. The Bertz CT molecular complexity index is 799. The van der Waals surface area contributed by atoms with Crippen LogP contribution in [0.4, 0.5) is 6.01 Å². The summed E-state index contributed by atoms with van der Waals surface area (Å²) in [5.74, 6) is 1.72. The lowest BCUT2D eigenvalue weighted by molar-refractivity contribution is 0.0600. The minimum Gasteiger partial charge on any atom is -0.494 e. The molecule has 8 heteroatoms. The van der Waals surface area contributed by atoms with Crippen LogP contribution in [0.1, 0.15) is 47.4 Å². The van der Waals surface area contributed by atoms with E-state index in [1.165, 1.54) is 7.11 Å². The van der Waals surface area contributed by atoms with Crippen molar-refractivity contribution in [3.05, 3.63) is 35.2 Å². The van der Waals surface area contributed by atoms with Gasteiger partial charge in [-0.25, -0.2) is 4.79 Å². The molecule has 1 aromatic carbocycles. The zero-order valence-corrected chi connectivity index (χ0v) is 17.3. The van der Waals surface area contributed by atoms with Gasteiger partial charge in [-0.15, -0.1) is 0 Å². The lowest BCUT2D eigenvalue weighted by Gasteiger charge is -2.30. The number of aromatic nitrogens is 2. The second kappa shape index (κ2) is 10.2. The third-order valence-electron chi connectivity index (χ3n) is 5.24. The third-order valence-corrected chi connectivity index (χ3v) is 5.24. The average molecular weight is 403 g/mol. The molecule has 0 unspecified atom stereocenters. The lowest BCUT2D eigenvalue weighted by atomic mass is 9.92. The zero-order valence-electron chi connectivity index (χ0n) is 17.3. The molecule has 1 fully saturated rings. The van der Waals surface area contributed by atoms with E-state index < -0.39 is 0 Å². The highest BCUT2D eigenvalue weighted by Gasteiger charge is 2.23. The summed E-state index contributed by atoms with van der Waals surface area (Å²) in [5.41, 5.74) is 1.43. The number of benzene rings is 1. The fourth-order valence-electron chi connectivity index (χ4n) is 3.60. The van der Waals surface area contributed by atoms with Gasteiger partial charge in [0, 0.05) is 20.2 Å². The van der Waals surface area contributed by atoms with Crippen LogP contribution in [0, 0.1) is 12.8 Å². The van der Waals surface area contributed by atoms with E-state index >= 15 is 0 Å². The van der Waals surface area contributed by atoms with Gasteiger partial charge in [-0.1, -0.05) is 5.16 Å². The van der Waals surface area contributed by atoms with Gasteiger partial charge in [0.2, 0.25) is 0 Å². The van der Waals surface area contributed by atoms with E-state index in [9.17, 15) is 4.79 Å². The van der Waals surface area contributed by atoms with Crippen molar-refractivity contribution in [3.63, 3.8) is 0 Å². The number of esters is 1. The molecule has 2 heterocycles. The number of methoxy groups -OCH3 is 2. The molecule has 3 rings (SSSR count). The first-order chi connectivity index (χ1) is 14.1. The van der Waals surface area contributed by atoms with Crippen LogP contribution in [0.3, 0.4) is 0 Å². The first kappa shape index (κ1) is 21.1. The molecule has 0 bridgehead atoms. The molecule has 0 saturated carbocycles. The Morgan fingerprint density at radius 3 is 2.76 bits per heavy atom. The minimum absolute atomic E-state index is 0.323. The van der Waals surface area contributed by atoms with Crippen LogP contribution < -0.4 is 9.64 Å². The SMILES string of the molecule is COCc1noc(N2CCC(CCCOc3ccc(C(=O)OC)c(C)c3)CC2)n1. The Morgan fingerprint density at radius 1 is 1.28 bits per heavy atom. The number of ether oxygens (including phenoxy) is 3. The number of carbonyl (C=O) groups excluding carboxylic acids is 1. The molecule has 158 valence electrons. The van der Waals surface area contributed by atoms with Gasteiger partial charge in [0.15, 0.2) is 5.82 Å². The highest BCUT2D eigenvalue weighted by Crippen LogP contribution is 2.25. The van der Waals surface area contributed by atoms with Gasteiger partial charge in [0.05, 0.1) is 19.3 Å². The maximum atomic E-state index is 11.6. The monoisotopic (exact) mass is 403 g/mol. The maximum absolute atomic E-state index is 11.6. The van der Waals surface area contributed by atoms with Gasteiger partial charge in [-0.3, -0.25) is 0 Å². The van der Waals surface area contributed by atoms with Crippen LogP contribution in [-0.2, 0) is 16.1 Å². The Labute approximate surface area is 171 Å². The summed E-state index contributed by atoms with van der Waals surface area (Å²) < 4.78 is 21.0. The molecule has 1 aromatic heterocycles. The fraction of sp³-hybridized carbons (Fsp3) is 0.571. The van der Waals surface area contributed by atoms with E-state index in [1.807, 2.05) is 19.1 Å². The third kappa shape index (κ3) is 5.69. The lowest BCUT2D eigenvalue weighted by Crippen LogP contribution is -2.34. The van der Waals surface area contributed by atoms with E-state index in [-0.39, 0.29) is 5.97 Å². The second-order valence-corrected chi connectivity index (χ2v) is 7.32. The first-order valence-electron chi connectivity index (χ1n) is 9.99. The molecule has 29 heavy (non-hydrogen) atoms. The molecule has 1 aliphatic heterocycles. The van der Waals surface area contributed by atoms with Crippen molar-refractivity contribution >= 4 is 12.0 Å². The van der Waals surface area contributed by atoms with Crippen molar-refractivity contribution in [2.24, 2.45) is 5.92 Å². The van der Waals surface area contributed by atoms with Crippen molar-refractivity contribution in [1.82, 2.24) is 10.1 Å². The minimum atomic E-state index is -0.323. The van der Waals surface area contributed by atoms with Crippen LogP contribution in [0.2, 0.25) is 0 Å². The number of hydrogen-bond acceptors (Lipinski definition) is 8. The predicted octanol–water partition coefficient (Wildman–Crippen LogP) is 3.39. The average Bonchev–Trinajstić information content (AvgIpc) is 3.20. The van der Waals surface area contributed by atoms with E-state index in [1.54, 1.807) is 13.2 Å². The normalized spacial score (nSPS) is 14.8.